The molecule has 0 bridgehead atoms. The molecular formula is C30H56O8. The number of cyclic esters (lactones) is 2. The van der Waals surface area contributed by atoms with Crippen molar-refractivity contribution in [3.63, 3.8) is 0 Å². The fourth-order valence-corrected chi connectivity index (χ4v) is 4.84. The number of carboxylic acids is 1. The van der Waals surface area contributed by atoms with Crippen molar-refractivity contribution in [3.05, 3.63) is 0 Å². The van der Waals surface area contributed by atoms with Crippen LogP contribution < -0.4 is 0 Å². The van der Waals surface area contributed by atoms with E-state index >= 15 is 0 Å². The van der Waals surface area contributed by atoms with Crippen LogP contribution in [0, 0.1) is 11.8 Å². The molecule has 0 aromatic carbocycles. The Morgan fingerprint density at radius 3 is 1.58 bits per heavy atom. The molecule has 224 valence electrons. The van der Waals surface area contributed by atoms with Crippen LogP contribution >= 0.6 is 0 Å². The Bertz CT molecular complexity index is 569. The second kappa shape index (κ2) is 25.8. The zero-order valence-electron chi connectivity index (χ0n) is 23.9. The number of carbonyl (C=O) groups is 3. The highest BCUT2D eigenvalue weighted by molar-refractivity contribution is 5.96. The van der Waals surface area contributed by atoms with Crippen molar-refractivity contribution >= 4 is 17.9 Å². The molecule has 1 aliphatic heterocycles. The molecule has 0 amide bonds. The lowest BCUT2D eigenvalue weighted by Gasteiger charge is -2.18. The highest BCUT2D eigenvalue weighted by atomic mass is 16.6. The van der Waals surface area contributed by atoms with Crippen LogP contribution in [0.1, 0.15) is 142 Å². The summed E-state index contributed by atoms with van der Waals surface area (Å²) in [6.45, 7) is 2.60. The molecule has 1 saturated carbocycles. The lowest BCUT2D eigenvalue weighted by atomic mass is 9.81. The van der Waals surface area contributed by atoms with Crippen molar-refractivity contribution in [2.75, 3.05) is 13.2 Å². The van der Waals surface area contributed by atoms with Crippen molar-refractivity contribution in [2.45, 2.75) is 148 Å². The van der Waals surface area contributed by atoms with E-state index in [1.165, 1.54) is 51.4 Å². The monoisotopic (exact) mass is 544 g/mol. The van der Waals surface area contributed by atoms with Gasteiger partial charge in [0, 0.05) is 19.6 Å². The Morgan fingerprint density at radius 1 is 0.737 bits per heavy atom. The normalized spacial score (nSPS) is 18.9. The van der Waals surface area contributed by atoms with E-state index in [1.54, 1.807) is 0 Å². The number of hydrogen-bond donors (Lipinski definition) is 4. The number of hydrogen-bond acceptors (Lipinski definition) is 7. The van der Waals surface area contributed by atoms with Gasteiger partial charge in [-0.15, -0.1) is 0 Å². The molecule has 1 aliphatic carbocycles. The number of rotatable bonds is 19. The quantitative estimate of drug-likeness (QED) is 0.0890. The maximum absolute atomic E-state index is 11.0. The Hall–Kier alpha value is -1.51. The first-order valence-electron chi connectivity index (χ1n) is 15.2. The zero-order chi connectivity index (χ0) is 28.4. The van der Waals surface area contributed by atoms with E-state index < -0.39 is 5.97 Å². The van der Waals surface area contributed by atoms with Crippen LogP contribution in [0.4, 0.5) is 0 Å². The molecule has 1 heterocycles. The number of carboxylic acid groups (broad SMARTS) is 1. The van der Waals surface area contributed by atoms with Gasteiger partial charge in [-0.3, -0.25) is 14.4 Å². The van der Waals surface area contributed by atoms with Gasteiger partial charge in [-0.2, -0.15) is 0 Å². The minimum Gasteiger partial charge on any atom is -0.481 e. The fourth-order valence-electron chi connectivity index (χ4n) is 4.84. The summed E-state index contributed by atoms with van der Waals surface area (Å²) in [7, 11) is 0. The first kappa shape index (κ1) is 36.5. The summed E-state index contributed by atoms with van der Waals surface area (Å²) in [5, 5.41) is 34.5. The average Bonchev–Trinajstić information content (AvgIpc) is 3.20. The molecule has 0 spiro atoms. The van der Waals surface area contributed by atoms with Gasteiger partial charge >= 0.3 is 17.9 Å². The SMILES string of the molecule is CCCCCCC(O)CCCCCCCCCCC(=O)O.O=C1OC(=O)C2CCCCC12.OCCCCO. The van der Waals surface area contributed by atoms with Gasteiger partial charge < -0.3 is 25.2 Å². The molecule has 0 radical (unpaired) electrons. The summed E-state index contributed by atoms with van der Waals surface area (Å²) in [4.78, 5) is 32.3. The van der Waals surface area contributed by atoms with Crippen LogP contribution in [0.15, 0.2) is 0 Å². The van der Waals surface area contributed by atoms with Gasteiger partial charge in [-0.25, -0.2) is 0 Å². The predicted octanol–water partition coefficient (Wildman–Crippen LogP) is 5.93. The molecule has 1 saturated heterocycles. The van der Waals surface area contributed by atoms with Crippen LogP contribution in [-0.4, -0.2) is 57.7 Å². The van der Waals surface area contributed by atoms with Gasteiger partial charge in [0.05, 0.1) is 17.9 Å². The fraction of sp³-hybridized carbons (Fsp3) is 0.900. The van der Waals surface area contributed by atoms with Crippen LogP contribution in [0.5, 0.6) is 0 Å². The van der Waals surface area contributed by atoms with E-state index in [-0.39, 0.29) is 43.1 Å². The first-order valence-corrected chi connectivity index (χ1v) is 15.2. The first-order chi connectivity index (χ1) is 18.4. The summed E-state index contributed by atoms with van der Waals surface area (Å²) < 4.78 is 4.53. The van der Waals surface area contributed by atoms with Gasteiger partial charge in [-0.1, -0.05) is 90.4 Å². The Kier molecular flexibility index (Phi) is 24.7. The number of carbonyl (C=O) groups excluding carboxylic acids is 2. The van der Waals surface area contributed by atoms with Gasteiger partial charge in [0.25, 0.3) is 0 Å². The van der Waals surface area contributed by atoms with Crippen molar-refractivity contribution in [1.29, 1.82) is 0 Å². The number of aliphatic hydroxyl groups excluding tert-OH is 3. The third-order valence-electron chi connectivity index (χ3n) is 7.21. The molecule has 2 rings (SSSR count). The minimum absolute atomic E-state index is 0.0853. The van der Waals surface area contributed by atoms with Crippen molar-refractivity contribution < 1.29 is 39.5 Å². The summed E-state index contributed by atoms with van der Waals surface area (Å²) in [6.07, 6.45) is 21.5. The molecule has 2 fully saturated rings. The van der Waals surface area contributed by atoms with Crippen molar-refractivity contribution in [1.82, 2.24) is 0 Å². The molecule has 8 nitrogen and oxygen atoms in total. The van der Waals surface area contributed by atoms with Crippen molar-refractivity contribution in [2.24, 2.45) is 11.8 Å². The number of esters is 2. The Morgan fingerprint density at radius 2 is 1.16 bits per heavy atom. The summed E-state index contributed by atoms with van der Waals surface area (Å²) in [5.41, 5.74) is 0. The lowest BCUT2D eigenvalue weighted by Crippen LogP contribution is -2.21. The van der Waals surface area contributed by atoms with E-state index in [1.807, 2.05) is 0 Å². The highest BCUT2D eigenvalue weighted by Crippen LogP contribution is 2.36. The number of unbranched alkanes of at least 4 members (excludes halogenated alkanes) is 11. The number of ether oxygens (including phenoxy) is 1. The predicted molar refractivity (Wildman–Crippen MR) is 149 cm³/mol. The van der Waals surface area contributed by atoms with E-state index in [9.17, 15) is 19.5 Å². The molecule has 0 aromatic rings. The zero-order valence-corrected chi connectivity index (χ0v) is 23.9. The van der Waals surface area contributed by atoms with Crippen LogP contribution in [0.2, 0.25) is 0 Å². The van der Waals surface area contributed by atoms with E-state index in [2.05, 4.69) is 11.7 Å². The second-order valence-corrected chi connectivity index (χ2v) is 10.7. The van der Waals surface area contributed by atoms with Gasteiger partial charge in [0.15, 0.2) is 0 Å². The topological polar surface area (TPSA) is 141 Å². The summed E-state index contributed by atoms with van der Waals surface area (Å²) >= 11 is 0. The van der Waals surface area contributed by atoms with Gasteiger partial charge in [-0.05, 0) is 44.9 Å². The molecule has 2 aliphatic rings. The maximum atomic E-state index is 11.0. The van der Waals surface area contributed by atoms with Gasteiger partial charge in [0.1, 0.15) is 0 Å². The third kappa shape index (κ3) is 20.5. The van der Waals surface area contributed by atoms with E-state index in [0.717, 1.165) is 77.0 Å². The molecule has 8 heteroatoms. The second-order valence-electron chi connectivity index (χ2n) is 10.7. The molecular weight excluding hydrogens is 488 g/mol. The van der Waals surface area contributed by atoms with Gasteiger partial charge in [0.2, 0.25) is 0 Å². The van der Waals surface area contributed by atoms with E-state index in [4.69, 9.17) is 15.3 Å². The molecule has 0 aromatic heterocycles. The van der Waals surface area contributed by atoms with Crippen molar-refractivity contribution in [3.8, 4) is 0 Å². The van der Waals surface area contributed by atoms with Crippen LogP contribution in [0.3, 0.4) is 0 Å². The highest BCUT2D eigenvalue weighted by Gasteiger charge is 2.44. The number of aliphatic carboxylic acids is 1. The van der Waals surface area contributed by atoms with Crippen LogP contribution in [-0.2, 0) is 19.1 Å². The largest absolute Gasteiger partial charge is 0.481 e. The molecule has 38 heavy (non-hydrogen) atoms. The Labute approximate surface area is 230 Å². The molecule has 3 unspecified atom stereocenters. The minimum atomic E-state index is -0.678. The molecule has 4 N–H and O–H groups in total. The van der Waals surface area contributed by atoms with E-state index in [0.29, 0.717) is 6.42 Å². The third-order valence-corrected chi connectivity index (χ3v) is 7.21. The lowest BCUT2D eigenvalue weighted by molar-refractivity contribution is -0.153. The summed E-state index contributed by atoms with van der Waals surface area (Å²) in [6, 6.07) is 0. The average molecular weight is 545 g/mol. The smallest absolute Gasteiger partial charge is 0.317 e. The summed E-state index contributed by atoms with van der Waals surface area (Å²) in [5.74, 6) is -1.46. The van der Waals surface area contributed by atoms with Crippen LogP contribution in [0.25, 0.3) is 0 Å². The molecule has 3 atom stereocenters. The maximum Gasteiger partial charge on any atom is 0.317 e. The Balaban J connectivity index is 0.000000658. The number of aliphatic hydroxyl groups is 3. The number of fused-ring (bicyclic) bond motifs is 1. The standard InChI is InChI=1S/C18H36O3.C8H10O3.C4H10O2/c1-2-3-4-11-14-17(19)15-12-9-7-5-6-8-10-13-16-18(20)21;9-7-5-3-1-2-4-6(5)8(10)11-7;5-3-1-2-4-6/h17,19H,2-16H2,1H3,(H,20,21);5-6H,1-4H2;5-6H,1-4H2.